The number of carboxylic acid groups (broad SMARTS) is 2. The number of aliphatic hydroxyl groups excluding tert-OH is 20. The second kappa shape index (κ2) is 28.0. The zero-order valence-electron chi connectivity index (χ0n) is 41.9. The summed E-state index contributed by atoms with van der Waals surface area (Å²) in [5.74, 6) is -18.5. The molecule has 6 rings (SSSR count). The number of carboxylic acids is 2. The van der Waals surface area contributed by atoms with Gasteiger partial charge in [-0.3, -0.25) is 0 Å². The Hall–Kier alpha value is -1.72. The monoisotopic (exact) mass is 1210 g/mol. The van der Waals surface area contributed by atoms with E-state index >= 15 is 0 Å². The summed E-state index contributed by atoms with van der Waals surface area (Å²) in [4.78, 5) is 24.1. The summed E-state index contributed by atoms with van der Waals surface area (Å²) in [6, 6.07) is 0. The van der Waals surface area contributed by atoms with Gasteiger partial charge in [-0.15, -0.1) is 0 Å². The fourth-order valence-electron chi connectivity index (χ4n) is 9.35. The van der Waals surface area contributed by atoms with Crippen molar-refractivity contribution in [2.24, 2.45) is 11.8 Å². The molecule has 0 spiro atoms. The van der Waals surface area contributed by atoms with Crippen LogP contribution in [-0.2, 0) is 76.4 Å². The average molecular weight is 1220 g/mol. The summed E-state index contributed by atoms with van der Waals surface area (Å²) in [6.07, 6.45) is -45.9. The Morgan fingerprint density at radius 1 is 0.494 bits per heavy atom. The Labute approximate surface area is 458 Å². The fourth-order valence-corrected chi connectivity index (χ4v) is 9.35. The molecule has 0 aromatic heterocycles. The van der Waals surface area contributed by atoms with E-state index in [9.17, 15) is 132 Å². The van der Waals surface area contributed by atoms with Crippen molar-refractivity contribution >= 4 is 11.9 Å². The first-order chi connectivity index (χ1) is 36.3. The second-order valence-electron chi connectivity index (χ2n) is 19.6. The van der Waals surface area contributed by atoms with Crippen LogP contribution in [0.4, 0.5) is 0 Å². The van der Waals surface area contributed by atoms with Gasteiger partial charge in [0.1, 0.15) is 122 Å². The quantitative estimate of drug-likeness (QED) is 0.0567. The molecule has 0 saturated carbocycles. The zero-order chi connectivity index (χ0) is 58.9. The van der Waals surface area contributed by atoms with Crippen LogP contribution < -0.4 is 10.2 Å². The third-order valence-electron chi connectivity index (χ3n) is 14.6. The standard InChI is InChI=1S/2C21H36O18.Zn/c2*1-6-7(24)2-20(19(32)33,39-21(6,34)10(25)4-23)35-5-9-11(26)12(27)15(30)18(37-9)38-16-8(3-22)36-17(31)14(29)13(16)28;/h2*6-18,22-31,34H,2-5H2,1H3,(H,32,33);/q;;+2/p-2/t2*6-,7-,8?,9?,10-,11+,12+,13-,14?,15?,16-,17?,18+,20-,21+;/m11./s1. The number of hydrogen-bond donors (Lipinski definition) is 22. The average Bonchev–Trinajstić information content (AvgIpc) is 3.44. The molecule has 10 unspecified atom stereocenters. The molecule has 6 heterocycles. The van der Waals surface area contributed by atoms with Crippen LogP contribution >= 0.6 is 0 Å². The Morgan fingerprint density at radius 2 is 0.810 bits per heavy atom. The number of aliphatic carboxylic acids is 2. The van der Waals surface area contributed by atoms with E-state index in [2.05, 4.69) is 0 Å². The van der Waals surface area contributed by atoms with E-state index in [0.717, 1.165) is 0 Å². The number of hydrogen-bond acceptors (Lipinski definition) is 36. The van der Waals surface area contributed by atoms with E-state index in [1.54, 1.807) is 0 Å². The topological polar surface area (TPSA) is 618 Å². The fraction of sp³-hybridized carbons (Fsp3) is 0.952. The van der Waals surface area contributed by atoms with Gasteiger partial charge in [0.25, 0.3) is 0 Å². The SMILES string of the molecule is C[C@@H]1[C@H](O)C[C@](OCC2O[C@@H](O[C@@H]3C(CO)OC(O)C(O)[C@H]3O)C(O)[C@@H](O)[C@H]2O)(C(=O)[O-])O[C@]1(O)[C@H](O)CO.C[C@@H]1[C@H](O)C[C@](OCC2O[C@@H](O[C@@H]3C(CO)OC(O)C(O)[C@H]3O)C(O)[C@@H](O)[C@H]2O)(C(=O)[O-])O[C@]1(O)[C@H](O)CO.[Zn+2]. The Balaban J connectivity index is 0.000000336. The van der Waals surface area contributed by atoms with E-state index in [-0.39, 0.29) is 19.5 Å². The van der Waals surface area contributed by atoms with E-state index in [4.69, 9.17) is 47.4 Å². The van der Waals surface area contributed by atoms with Crippen molar-refractivity contribution in [2.45, 2.75) is 197 Å². The van der Waals surface area contributed by atoms with E-state index in [1.165, 1.54) is 13.8 Å². The molecule has 456 valence electrons. The molecule has 6 aliphatic heterocycles. The van der Waals surface area contributed by atoms with Crippen LogP contribution in [0, 0.1) is 11.8 Å². The summed E-state index contributed by atoms with van der Waals surface area (Å²) >= 11 is 0. The predicted octanol–water partition coefficient (Wildman–Crippen LogP) is -16.9. The number of rotatable bonds is 18. The maximum Gasteiger partial charge on any atom is 2.00 e. The maximum absolute atomic E-state index is 12.0. The van der Waals surface area contributed by atoms with Crippen molar-refractivity contribution in [1.29, 1.82) is 0 Å². The van der Waals surface area contributed by atoms with Crippen LogP contribution in [0.1, 0.15) is 26.7 Å². The minimum absolute atomic E-state index is 0. The maximum atomic E-state index is 12.0. The van der Waals surface area contributed by atoms with Crippen molar-refractivity contribution in [1.82, 2.24) is 0 Å². The summed E-state index contributed by atoms with van der Waals surface area (Å²) in [6.45, 7) is -3.42. The molecule has 0 aromatic carbocycles. The first-order valence-electron chi connectivity index (χ1n) is 24.1. The first kappa shape index (κ1) is 69.8. The smallest absolute Gasteiger partial charge is 0.544 e. The molecular weight excluding hydrogens is 1150 g/mol. The minimum Gasteiger partial charge on any atom is -0.544 e. The Kier molecular flexibility index (Phi) is 24.7. The van der Waals surface area contributed by atoms with Gasteiger partial charge in [0, 0.05) is 24.7 Å². The molecule has 36 nitrogen and oxygen atoms in total. The molecule has 0 aromatic rings. The van der Waals surface area contributed by atoms with Crippen LogP contribution in [0.5, 0.6) is 0 Å². The summed E-state index contributed by atoms with van der Waals surface area (Å²) in [5.41, 5.74) is 0. The predicted molar refractivity (Wildman–Crippen MR) is 228 cm³/mol. The molecule has 0 aliphatic carbocycles. The van der Waals surface area contributed by atoms with Gasteiger partial charge in [0.15, 0.2) is 25.2 Å². The molecule has 0 radical (unpaired) electrons. The normalized spacial score (nSPS) is 49.3. The van der Waals surface area contributed by atoms with Crippen molar-refractivity contribution in [3.05, 3.63) is 0 Å². The van der Waals surface area contributed by atoms with Gasteiger partial charge in [-0.1, -0.05) is 13.8 Å². The first-order valence-corrected chi connectivity index (χ1v) is 24.1. The molecule has 6 saturated heterocycles. The van der Waals surface area contributed by atoms with Crippen LogP contribution in [0.2, 0.25) is 0 Å². The molecule has 22 N–H and O–H groups in total. The molecule has 0 bridgehead atoms. The van der Waals surface area contributed by atoms with Crippen molar-refractivity contribution in [3.8, 4) is 0 Å². The van der Waals surface area contributed by atoms with Crippen LogP contribution in [-0.4, -0.2) is 334 Å². The molecule has 30 atom stereocenters. The van der Waals surface area contributed by atoms with Crippen LogP contribution in [0.25, 0.3) is 0 Å². The van der Waals surface area contributed by atoms with Gasteiger partial charge in [0.05, 0.1) is 51.8 Å². The van der Waals surface area contributed by atoms with E-state index < -0.39 is 247 Å². The van der Waals surface area contributed by atoms with Crippen LogP contribution in [0.15, 0.2) is 0 Å². The minimum atomic E-state index is -2.97. The number of ether oxygens (including phenoxy) is 10. The number of aliphatic hydroxyl groups is 22. The van der Waals surface area contributed by atoms with Crippen LogP contribution in [0.3, 0.4) is 0 Å². The Bertz CT molecular complexity index is 1800. The zero-order valence-corrected chi connectivity index (χ0v) is 44.9. The van der Waals surface area contributed by atoms with Crippen molar-refractivity contribution in [2.75, 3.05) is 39.6 Å². The molecular formula is C42H70O36Zn. The molecule has 6 aliphatic rings. The summed E-state index contributed by atoms with van der Waals surface area (Å²) < 4.78 is 52.2. The van der Waals surface area contributed by atoms with Gasteiger partial charge in [-0.05, 0) is 0 Å². The summed E-state index contributed by atoms with van der Waals surface area (Å²) in [5, 5.41) is 246. The Morgan fingerprint density at radius 3 is 1.09 bits per heavy atom. The molecule has 37 heteroatoms. The molecule has 6 fully saturated rings. The third-order valence-corrected chi connectivity index (χ3v) is 14.6. The van der Waals surface area contributed by atoms with Gasteiger partial charge < -0.3 is 180 Å². The van der Waals surface area contributed by atoms with Gasteiger partial charge in [0.2, 0.25) is 23.1 Å². The molecule has 0 amide bonds. The van der Waals surface area contributed by atoms with Gasteiger partial charge in [-0.25, -0.2) is 0 Å². The van der Waals surface area contributed by atoms with E-state index in [0.29, 0.717) is 0 Å². The largest absolute Gasteiger partial charge is 2.00 e. The second-order valence-corrected chi connectivity index (χ2v) is 19.6. The van der Waals surface area contributed by atoms with Gasteiger partial charge >= 0.3 is 19.5 Å². The van der Waals surface area contributed by atoms with Gasteiger partial charge in [-0.2, -0.15) is 0 Å². The third kappa shape index (κ3) is 14.2. The number of carbonyl (C=O) groups excluding carboxylic acids is 2. The van der Waals surface area contributed by atoms with E-state index in [1.807, 2.05) is 0 Å². The van der Waals surface area contributed by atoms with Crippen molar-refractivity contribution in [3.63, 3.8) is 0 Å². The summed E-state index contributed by atoms with van der Waals surface area (Å²) in [7, 11) is 0. The number of carbonyl (C=O) groups is 2. The molecule has 79 heavy (non-hydrogen) atoms. The van der Waals surface area contributed by atoms with Crippen molar-refractivity contribution < 1.29 is 199 Å².